The third-order valence-corrected chi connectivity index (χ3v) is 5.72. The van der Waals surface area contributed by atoms with E-state index >= 15 is 0 Å². The number of sulfonamides is 1. The number of carbonyl (C=O) groups excluding carboxylic acids is 1. The minimum absolute atomic E-state index is 0.0748. The van der Waals surface area contributed by atoms with E-state index in [1.165, 1.54) is 4.31 Å². The Balaban J connectivity index is 2.66. The van der Waals surface area contributed by atoms with Crippen molar-refractivity contribution in [2.24, 2.45) is 11.1 Å². The molecular weight excluding hydrogens is 266 g/mol. The maximum atomic E-state index is 12.1. The highest BCUT2D eigenvalue weighted by molar-refractivity contribution is 7.89. The zero-order chi connectivity index (χ0) is 14.7. The molecule has 0 aromatic carbocycles. The van der Waals surface area contributed by atoms with Gasteiger partial charge in [0, 0.05) is 26.2 Å². The van der Waals surface area contributed by atoms with Crippen LogP contribution in [-0.4, -0.2) is 62.0 Å². The Bertz CT molecular complexity index is 420. The van der Waals surface area contributed by atoms with E-state index in [4.69, 9.17) is 5.73 Å². The highest BCUT2D eigenvalue weighted by Gasteiger charge is 2.36. The minimum Gasteiger partial charge on any atom is -0.341 e. The lowest BCUT2D eigenvalue weighted by atomic mass is 9.90. The van der Waals surface area contributed by atoms with Crippen LogP contribution in [0.1, 0.15) is 27.2 Å². The number of hydrogen-bond donors (Lipinski definition) is 1. The monoisotopic (exact) mass is 291 g/mol. The smallest absolute Gasteiger partial charge is 0.239 e. The summed E-state index contributed by atoms with van der Waals surface area (Å²) >= 11 is 0. The molecule has 0 aromatic heterocycles. The summed E-state index contributed by atoms with van der Waals surface area (Å²) in [4.78, 5) is 13.7. The van der Waals surface area contributed by atoms with Crippen molar-refractivity contribution in [3.63, 3.8) is 0 Å². The molecule has 1 heterocycles. The highest BCUT2D eigenvalue weighted by Crippen LogP contribution is 2.28. The fourth-order valence-corrected chi connectivity index (χ4v) is 3.82. The number of hydrogen-bond acceptors (Lipinski definition) is 4. The van der Waals surface area contributed by atoms with Crippen LogP contribution in [0.2, 0.25) is 0 Å². The Labute approximate surface area is 116 Å². The van der Waals surface area contributed by atoms with Gasteiger partial charge in [0.2, 0.25) is 15.9 Å². The van der Waals surface area contributed by atoms with Crippen LogP contribution < -0.4 is 5.73 Å². The molecular formula is C12H25N3O3S. The third-order valence-electron chi connectivity index (χ3n) is 3.81. The zero-order valence-corrected chi connectivity index (χ0v) is 12.9. The highest BCUT2D eigenvalue weighted by atomic mass is 32.2. The Morgan fingerprint density at radius 2 is 1.95 bits per heavy atom. The molecule has 0 saturated carbocycles. The van der Waals surface area contributed by atoms with E-state index < -0.39 is 15.8 Å². The van der Waals surface area contributed by atoms with Crippen LogP contribution in [-0.2, 0) is 14.8 Å². The first-order valence-corrected chi connectivity index (χ1v) is 8.34. The summed E-state index contributed by atoms with van der Waals surface area (Å²) in [5.41, 5.74) is 5.61. The zero-order valence-electron chi connectivity index (χ0n) is 12.1. The van der Waals surface area contributed by atoms with Gasteiger partial charge >= 0.3 is 0 Å². The summed E-state index contributed by atoms with van der Waals surface area (Å²) in [5.74, 6) is -0.751. The molecule has 1 aliphatic rings. The fraction of sp³-hybridized carbons (Fsp3) is 0.917. The molecule has 1 unspecified atom stereocenters. The molecule has 1 aliphatic heterocycles. The Kier molecular flexibility index (Phi) is 5.34. The normalized spacial score (nSPS) is 24.2. The van der Waals surface area contributed by atoms with E-state index in [1.807, 2.05) is 6.92 Å². The van der Waals surface area contributed by atoms with Crippen molar-refractivity contribution in [1.82, 2.24) is 9.21 Å². The Hall–Kier alpha value is -0.660. The van der Waals surface area contributed by atoms with Crippen molar-refractivity contribution in [1.29, 1.82) is 0 Å². The molecule has 1 saturated heterocycles. The van der Waals surface area contributed by atoms with Crippen molar-refractivity contribution >= 4 is 15.9 Å². The number of carbonyl (C=O) groups is 1. The molecule has 112 valence electrons. The van der Waals surface area contributed by atoms with Gasteiger partial charge in [-0.1, -0.05) is 20.8 Å². The maximum absolute atomic E-state index is 12.1. The SMILES string of the molecule is CCN(CC)S(=O)(=O)CC(=O)N1CCC(C)(CN)C1. The average Bonchev–Trinajstić information content (AvgIpc) is 2.73. The van der Waals surface area contributed by atoms with E-state index in [1.54, 1.807) is 18.7 Å². The molecule has 0 bridgehead atoms. The standard InChI is InChI=1S/C12H25N3O3S/c1-4-15(5-2)19(17,18)8-11(16)14-7-6-12(3,9-13)10-14/h4-10,13H2,1-3H3. The molecule has 0 aliphatic carbocycles. The average molecular weight is 291 g/mol. The minimum atomic E-state index is -3.49. The first kappa shape index (κ1) is 16.4. The number of nitrogens with two attached hydrogens (primary N) is 1. The molecule has 0 spiro atoms. The van der Waals surface area contributed by atoms with E-state index in [2.05, 4.69) is 0 Å². The molecule has 0 aromatic rings. The van der Waals surface area contributed by atoms with Crippen LogP contribution in [0.25, 0.3) is 0 Å². The van der Waals surface area contributed by atoms with Gasteiger partial charge in [-0.25, -0.2) is 12.7 Å². The van der Waals surface area contributed by atoms with Crippen LogP contribution in [0, 0.1) is 5.41 Å². The van der Waals surface area contributed by atoms with Gasteiger partial charge < -0.3 is 10.6 Å². The van der Waals surface area contributed by atoms with Gasteiger partial charge in [-0.2, -0.15) is 0 Å². The second-order valence-corrected chi connectivity index (χ2v) is 7.39. The van der Waals surface area contributed by atoms with Crippen LogP contribution in [0.5, 0.6) is 0 Å². The van der Waals surface area contributed by atoms with Gasteiger partial charge in [0.1, 0.15) is 5.75 Å². The molecule has 2 N–H and O–H groups in total. The topological polar surface area (TPSA) is 83.7 Å². The number of rotatable bonds is 6. The Morgan fingerprint density at radius 1 is 1.37 bits per heavy atom. The first-order chi connectivity index (χ1) is 8.78. The van der Waals surface area contributed by atoms with Gasteiger partial charge in [-0.15, -0.1) is 0 Å². The molecule has 1 amide bonds. The molecule has 6 nitrogen and oxygen atoms in total. The summed E-state index contributed by atoms with van der Waals surface area (Å²) in [6.07, 6.45) is 0.834. The summed E-state index contributed by atoms with van der Waals surface area (Å²) in [6, 6.07) is 0. The molecule has 19 heavy (non-hydrogen) atoms. The molecule has 1 rings (SSSR count). The predicted octanol–water partition coefficient (Wildman–Crippen LogP) is -0.145. The van der Waals surface area contributed by atoms with E-state index in [0.717, 1.165) is 6.42 Å². The van der Waals surface area contributed by atoms with Crippen molar-refractivity contribution in [2.45, 2.75) is 27.2 Å². The lowest BCUT2D eigenvalue weighted by Gasteiger charge is -2.24. The predicted molar refractivity (Wildman–Crippen MR) is 75.1 cm³/mol. The number of likely N-dealkylation sites (tertiary alicyclic amines) is 1. The second-order valence-electron chi connectivity index (χ2n) is 5.42. The van der Waals surface area contributed by atoms with Crippen LogP contribution in [0.15, 0.2) is 0 Å². The molecule has 1 atom stereocenters. The quantitative estimate of drug-likeness (QED) is 0.738. The maximum Gasteiger partial charge on any atom is 0.239 e. The fourth-order valence-electron chi connectivity index (χ4n) is 2.36. The molecule has 7 heteroatoms. The van der Waals surface area contributed by atoms with Gasteiger partial charge in [-0.3, -0.25) is 4.79 Å². The van der Waals surface area contributed by atoms with Crippen LogP contribution >= 0.6 is 0 Å². The molecule has 1 fully saturated rings. The first-order valence-electron chi connectivity index (χ1n) is 6.73. The summed E-state index contributed by atoms with van der Waals surface area (Å²) in [6.45, 7) is 8.02. The van der Waals surface area contributed by atoms with Crippen molar-refractivity contribution < 1.29 is 13.2 Å². The van der Waals surface area contributed by atoms with Gasteiger partial charge in [0.05, 0.1) is 0 Å². The van der Waals surface area contributed by atoms with E-state index in [0.29, 0.717) is 32.7 Å². The van der Waals surface area contributed by atoms with Crippen LogP contribution in [0.3, 0.4) is 0 Å². The van der Waals surface area contributed by atoms with Crippen LogP contribution in [0.4, 0.5) is 0 Å². The summed E-state index contributed by atoms with van der Waals surface area (Å²) < 4.78 is 25.4. The Morgan fingerprint density at radius 3 is 2.37 bits per heavy atom. The summed E-state index contributed by atoms with van der Waals surface area (Å²) in [7, 11) is -3.49. The lowest BCUT2D eigenvalue weighted by Crippen LogP contribution is -2.41. The third kappa shape index (κ3) is 3.90. The van der Waals surface area contributed by atoms with Crippen molar-refractivity contribution in [2.75, 3.05) is 38.5 Å². The lowest BCUT2D eigenvalue weighted by molar-refractivity contribution is -0.127. The number of amides is 1. The van der Waals surface area contributed by atoms with E-state index in [9.17, 15) is 13.2 Å². The van der Waals surface area contributed by atoms with Gasteiger partial charge in [-0.05, 0) is 18.4 Å². The van der Waals surface area contributed by atoms with Crippen molar-refractivity contribution in [3.05, 3.63) is 0 Å². The summed E-state index contributed by atoms with van der Waals surface area (Å²) in [5, 5.41) is 0. The molecule has 0 radical (unpaired) electrons. The van der Waals surface area contributed by atoms with Gasteiger partial charge in [0.25, 0.3) is 0 Å². The second kappa shape index (κ2) is 6.19. The number of nitrogens with zero attached hydrogens (tertiary/aromatic N) is 2. The largest absolute Gasteiger partial charge is 0.341 e. The van der Waals surface area contributed by atoms with E-state index in [-0.39, 0.29) is 11.3 Å². The van der Waals surface area contributed by atoms with Crippen molar-refractivity contribution in [3.8, 4) is 0 Å². The van der Waals surface area contributed by atoms with Gasteiger partial charge in [0.15, 0.2) is 0 Å².